The van der Waals surface area contributed by atoms with Gasteiger partial charge in [0.1, 0.15) is 5.54 Å². The molecule has 0 saturated heterocycles. The Morgan fingerprint density at radius 2 is 1.69 bits per heavy atom. The summed E-state index contributed by atoms with van der Waals surface area (Å²) >= 11 is 0. The summed E-state index contributed by atoms with van der Waals surface area (Å²) in [7, 11) is 0. The van der Waals surface area contributed by atoms with Gasteiger partial charge in [-0.05, 0) is 34.1 Å². The summed E-state index contributed by atoms with van der Waals surface area (Å²) in [6.45, 7) is 8.97. The summed E-state index contributed by atoms with van der Waals surface area (Å²) in [4.78, 5) is 22.4. The predicted molar refractivity (Wildman–Crippen MR) is 62.2 cm³/mol. The Bertz CT molecular complexity index is 271. The van der Waals surface area contributed by atoms with Crippen molar-refractivity contribution in [1.29, 1.82) is 0 Å². The number of hydrogen-bond donors (Lipinski definition) is 3. The van der Waals surface area contributed by atoms with Gasteiger partial charge in [0.05, 0.1) is 6.54 Å². The van der Waals surface area contributed by atoms with Crippen molar-refractivity contribution in [3.05, 3.63) is 0 Å². The Hall–Kier alpha value is -1.10. The third-order valence-electron chi connectivity index (χ3n) is 2.33. The van der Waals surface area contributed by atoms with E-state index in [0.29, 0.717) is 6.42 Å². The zero-order valence-electron chi connectivity index (χ0n) is 10.7. The molecular formula is C11H22N2O3. The molecule has 0 heterocycles. The highest BCUT2D eigenvalue weighted by molar-refractivity contribution is 5.82. The number of carbonyl (C=O) groups is 2. The molecule has 1 unspecified atom stereocenters. The average Bonchev–Trinajstić information content (AvgIpc) is 2.11. The summed E-state index contributed by atoms with van der Waals surface area (Å²) < 4.78 is 0. The van der Waals surface area contributed by atoms with E-state index in [4.69, 9.17) is 5.11 Å². The van der Waals surface area contributed by atoms with Gasteiger partial charge in [-0.2, -0.15) is 0 Å². The van der Waals surface area contributed by atoms with Crippen LogP contribution in [0.4, 0.5) is 0 Å². The van der Waals surface area contributed by atoms with Gasteiger partial charge >= 0.3 is 5.97 Å². The lowest BCUT2D eigenvalue weighted by molar-refractivity contribution is -0.144. The first-order chi connectivity index (χ1) is 7.10. The van der Waals surface area contributed by atoms with Crippen molar-refractivity contribution < 1.29 is 14.7 Å². The predicted octanol–water partition coefficient (Wildman–Crippen LogP) is 0.744. The van der Waals surface area contributed by atoms with Crippen molar-refractivity contribution in [3.8, 4) is 0 Å². The van der Waals surface area contributed by atoms with Gasteiger partial charge in [-0.3, -0.25) is 14.9 Å². The molecule has 5 heteroatoms. The van der Waals surface area contributed by atoms with E-state index >= 15 is 0 Å². The molecule has 0 aliphatic rings. The van der Waals surface area contributed by atoms with Crippen LogP contribution in [0.25, 0.3) is 0 Å². The van der Waals surface area contributed by atoms with E-state index in [2.05, 4.69) is 10.6 Å². The monoisotopic (exact) mass is 230 g/mol. The molecule has 0 spiro atoms. The van der Waals surface area contributed by atoms with Gasteiger partial charge in [-0.1, -0.05) is 6.92 Å². The third-order valence-corrected chi connectivity index (χ3v) is 2.33. The molecular weight excluding hydrogens is 208 g/mol. The number of nitrogens with one attached hydrogen (secondary N) is 2. The molecule has 16 heavy (non-hydrogen) atoms. The van der Waals surface area contributed by atoms with E-state index in [0.717, 1.165) is 0 Å². The maximum absolute atomic E-state index is 11.5. The number of carboxylic acid groups (broad SMARTS) is 1. The molecule has 3 N–H and O–H groups in total. The van der Waals surface area contributed by atoms with Crippen LogP contribution in [0.1, 0.15) is 41.0 Å². The number of rotatable bonds is 5. The highest BCUT2D eigenvalue weighted by Crippen LogP contribution is 2.08. The molecule has 0 fully saturated rings. The van der Waals surface area contributed by atoms with Crippen molar-refractivity contribution >= 4 is 11.9 Å². The van der Waals surface area contributed by atoms with Gasteiger partial charge in [-0.25, -0.2) is 0 Å². The van der Waals surface area contributed by atoms with E-state index < -0.39 is 11.5 Å². The third kappa shape index (κ3) is 5.11. The highest BCUT2D eigenvalue weighted by atomic mass is 16.4. The fourth-order valence-electron chi connectivity index (χ4n) is 1.09. The molecule has 1 atom stereocenters. The fraction of sp³-hybridized carbons (Fsp3) is 0.818. The molecule has 0 saturated carbocycles. The minimum Gasteiger partial charge on any atom is -0.480 e. The van der Waals surface area contributed by atoms with Gasteiger partial charge < -0.3 is 10.4 Å². The Kier molecular flexibility index (Phi) is 4.93. The summed E-state index contributed by atoms with van der Waals surface area (Å²) in [5.74, 6) is -1.15. The maximum atomic E-state index is 11.5. The molecule has 1 amide bonds. The van der Waals surface area contributed by atoms with Crippen molar-refractivity contribution in [2.75, 3.05) is 6.54 Å². The zero-order valence-corrected chi connectivity index (χ0v) is 10.7. The minimum absolute atomic E-state index is 0.00785. The van der Waals surface area contributed by atoms with Crippen LogP contribution >= 0.6 is 0 Å². The Morgan fingerprint density at radius 1 is 1.19 bits per heavy atom. The quantitative estimate of drug-likeness (QED) is 0.651. The van der Waals surface area contributed by atoms with Crippen LogP contribution in [0.15, 0.2) is 0 Å². The first-order valence-electron chi connectivity index (χ1n) is 5.40. The van der Waals surface area contributed by atoms with Gasteiger partial charge in [-0.15, -0.1) is 0 Å². The smallest absolute Gasteiger partial charge is 0.323 e. The Morgan fingerprint density at radius 3 is 2.00 bits per heavy atom. The first kappa shape index (κ1) is 14.9. The van der Waals surface area contributed by atoms with Crippen molar-refractivity contribution in [2.45, 2.75) is 52.1 Å². The molecule has 0 aromatic heterocycles. The summed E-state index contributed by atoms with van der Waals surface area (Å²) in [6.07, 6.45) is 0.422. The summed E-state index contributed by atoms with van der Waals surface area (Å²) in [5.41, 5.74) is -1.35. The molecule has 0 aromatic carbocycles. The molecule has 94 valence electrons. The number of hydrogen-bond acceptors (Lipinski definition) is 3. The summed E-state index contributed by atoms with van der Waals surface area (Å²) in [6, 6.07) is 0. The molecule has 0 bridgehead atoms. The average molecular weight is 230 g/mol. The molecule has 0 aliphatic carbocycles. The fourth-order valence-corrected chi connectivity index (χ4v) is 1.09. The number of aliphatic carboxylic acids is 1. The van der Waals surface area contributed by atoms with Crippen LogP contribution in [-0.4, -0.2) is 34.6 Å². The lowest BCUT2D eigenvalue weighted by atomic mass is 9.99. The molecule has 5 nitrogen and oxygen atoms in total. The van der Waals surface area contributed by atoms with Crippen LogP contribution in [0.5, 0.6) is 0 Å². The van der Waals surface area contributed by atoms with Crippen molar-refractivity contribution in [1.82, 2.24) is 10.6 Å². The zero-order chi connectivity index (χ0) is 13.0. The highest BCUT2D eigenvalue weighted by Gasteiger charge is 2.31. The van der Waals surface area contributed by atoms with Crippen LogP contribution in [0.2, 0.25) is 0 Å². The van der Waals surface area contributed by atoms with E-state index in [1.807, 2.05) is 20.8 Å². The standard InChI is InChI=1S/C11H22N2O3/c1-6-11(5,9(15)16)12-7-8(14)13-10(2,3)4/h12H,6-7H2,1-5H3,(H,13,14)(H,15,16). The van der Waals surface area contributed by atoms with Crippen molar-refractivity contribution in [3.63, 3.8) is 0 Å². The molecule has 0 rings (SSSR count). The molecule has 0 radical (unpaired) electrons. The van der Waals surface area contributed by atoms with Gasteiger partial charge in [0.25, 0.3) is 0 Å². The van der Waals surface area contributed by atoms with Crippen LogP contribution in [0, 0.1) is 0 Å². The second kappa shape index (κ2) is 5.30. The van der Waals surface area contributed by atoms with Gasteiger partial charge in [0, 0.05) is 5.54 Å². The van der Waals surface area contributed by atoms with Gasteiger partial charge in [0.2, 0.25) is 5.91 Å². The lowest BCUT2D eigenvalue weighted by Crippen LogP contribution is -2.54. The number of carbonyl (C=O) groups excluding carboxylic acids is 1. The maximum Gasteiger partial charge on any atom is 0.323 e. The van der Waals surface area contributed by atoms with Gasteiger partial charge in [0.15, 0.2) is 0 Å². The van der Waals surface area contributed by atoms with Crippen LogP contribution in [0.3, 0.4) is 0 Å². The van der Waals surface area contributed by atoms with Crippen molar-refractivity contribution in [2.24, 2.45) is 0 Å². The lowest BCUT2D eigenvalue weighted by Gasteiger charge is -2.26. The number of amides is 1. The molecule has 0 aromatic rings. The summed E-state index contributed by atoms with van der Waals surface area (Å²) in [5, 5.41) is 14.5. The Labute approximate surface area is 96.6 Å². The number of carboxylic acids is 1. The second-order valence-electron chi connectivity index (χ2n) is 5.14. The van der Waals surface area contributed by atoms with E-state index in [1.165, 1.54) is 0 Å². The molecule has 0 aliphatic heterocycles. The Balaban J connectivity index is 4.24. The van der Waals surface area contributed by atoms with E-state index in [9.17, 15) is 9.59 Å². The largest absolute Gasteiger partial charge is 0.480 e. The topological polar surface area (TPSA) is 78.4 Å². The van der Waals surface area contributed by atoms with E-state index in [-0.39, 0.29) is 18.0 Å². The van der Waals surface area contributed by atoms with Crippen LogP contribution < -0.4 is 10.6 Å². The SMILES string of the molecule is CCC(C)(NCC(=O)NC(C)(C)C)C(=O)O. The second-order valence-corrected chi connectivity index (χ2v) is 5.14. The van der Waals surface area contributed by atoms with Crippen LogP contribution in [-0.2, 0) is 9.59 Å². The first-order valence-corrected chi connectivity index (χ1v) is 5.40. The minimum atomic E-state index is -1.05. The normalized spacial score (nSPS) is 15.3. The van der Waals surface area contributed by atoms with E-state index in [1.54, 1.807) is 13.8 Å².